The Labute approximate surface area is 154 Å². The van der Waals surface area contributed by atoms with E-state index in [1.807, 2.05) is 37.3 Å². The van der Waals surface area contributed by atoms with Crippen molar-refractivity contribution in [3.05, 3.63) is 42.1 Å². The summed E-state index contributed by atoms with van der Waals surface area (Å²) >= 11 is 0. The van der Waals surface area contributed by atoms with E-state index in [1.165, 1.54) is 32.1 Å². The Morgan fingerprint density at radius 1 is 1.12 bits per heavy atom. The van der Waals surface area contributed by atoms with Crippen LogP contribution in [-0.2, 0) is 4.79 Å². The largest absolute Gasteiger partial charge is 0.361 e. The maximum Gasteiger partial charge on any atom is 0.243 e. The minimum absolute atomic E-state index is 0.106. The zero-order valence-electron chi connectivity index (χ0n) is 15.3. The average molecular weight is 353 g/mol. The zero-order chi connectivity index (χ0) is 18.2. The summed E-state index contributed by atoms with van der Waals surface area (Å²) in [7, 11) is 0. The molecule has 1 fully saturated rings. The molecule has 138 valence electrons. The molecule has 1 amide bonds. The van der Waals surface area contributed by atoms with Gasteiger partial charge in [-0.05, 0) is 37.8 Å². The number of anilines is 3. The van der Waals surface area contributed by atoms with Gasteiger partial charge >= 0.3 is 0 Å². The van der Waals surface area contributed by atoms with E-state index in [0.29, 0.717) is 17.7 Å². The first kappa shape index (κ1) is 18.2. The van der Waals surface area contributed by atoms with Crippen LogP contribution < -0.4 is 16.0 Å². The van der Waals surface area contributed by atoms with Crippen LogP contribution in [0.1, 0.15) is 37.7 Å². The van der Waals surface area contributed by atoms with E-state index < -0.39 is 0 Å². The Balaban J connectivity index is 1.51. The van der Waals surface area contributed by atoms with E-state index in [2.05, 4.69) is 25.9 Å². The van der Waals surface area contributed by atoms with Gasteiger partial charge in [-0.2, -0.15) is 4.98 Å². The van der Waals surface area contributed by atoms with Gasteiger partial charge in [-0.15, -0.1) is 0 Å². The Morgan fingerprint density at radius 3 is 2.65 bits per heavy atom. The van der Waals surface area contributed by atoms with Gasteiger partial charge in [0.15, 0.2) is 0 Å². The molecule has 0 atom stereocenters. The number of aromatic nitrogens is 2. The smallest absolute Gasteiger partial charge is 0.243 e. The summed E-state index contributed by atoms with van der Waals surface area (Å²) in [5.74, 6) is 1.91. The summed E-state index contributed by atoms with van der Waals surface area (Å²) < 4.78 is 0. The first-order valence-corrected chi connectivity index (χ1v) is 9.37. The Bertz CT molecular complexity index is 713. The molecule has 0 unspecified atom stereocenters. The lowest BCUT2D eigenvalue weighted by Crippen LogP contribution is -2.23. The molecule has 1 aromatic heterocycles. The lowest BCUT2D eigenvalue weighted by molar-refractivity contribution is -0.114. The lowest BCUT2D eigenvalue weighted by Gasteiger charge is -2.21. The number of benzene rings is 1. The predicted molar refractivity (Wildman–Crippen MR) is 105 cm³/mol. The minimum atomic E-state index is -0.106. The number of rotatable bonds is 7. The first-order valence-electron chi connectivity index (χ1n) is 9.37. The fraction of sp³-hybridized carbons (Fsp3) is 0.450. The zero-order valence-corrected chi connectivity index (χ0v) is 15.3. The monoisotopic (exact) mass is 353 g/mol. The maximum atomic E-state index is 12.1. The number of para-hydroxylation sites is 1. The first-order chi connectivity index (χ1) is 12.7. The van der Waals surface area contributed by atoms with Crippen LogP contribution in [0.3, 0.4) is 0 Å². The second kappa shape index (κ2) is 9.17. The highest BCUT2D eigenvalue weighted by Gasteiger charge is 2.14. The van der Waals surface area contributed by atoms with Crippen LogP contribution in [0, 0.1) is 12.8 Å². The van der Waals surface area contributed by atoms with E-state index in [0.717, 1.165) is 17.8 Å². The summed E-state index contributed by atoms with van der Waals surface area (Å²) in [5, 5.41) is 9.31. The van der Waals surface area contributed by atoms with Crippen molar-refractivity contribution in [2.45, 2.75) is 39.0 Å². The van der Waals surface area contributed by atoms with Gasteiger partial charge in [0, 0.05) is 24.0 Å². The van der Waals surface area contributed by atoms with Crippen LogP contribution in [-0.4, -0.2) is 29.0 Å². The summed E-state index contributed by atoms with van der Waals surface area (Å²) in [6, 6.07) is 9.42. The van der Waals surface area contributed by atoms with Crippen LogP contribution in [0.25, 0.3) is 0 Å². The number of nitrogens with zero attached hydrogens (tertiary/aromatic N) is 2. The van der Waals surface area contributed by atoms with E-state index >= 15 is 0 Å². The van der Waals surface area contributed by atoms with Gasteiger partial charge in [0.2, 0.25) is 11.9 Å². The van der Waals surface area contributed by atoms with Crippen molar-refractivity contribution in [1.82, 2.24) is 9.97 Å². The van der Waals surface area contributed by atoms with Gasteiger partial charge in [0.05, 0.1) is 6.54 Å². The van der Waals surface area contributed by atoms with E-state index in [4.69, 9.17) is 0 Å². The summed E-state index contributed by atoms with van der Waals surface area (Å²) in [6.45, 7) is 3.01. The molecule has 2 aromatic rings. The number of hydrogen-bond donors (Lipinski definition) is 3. The van der Waals surface area contributed by atoms with Crippen LogP contribution in [0.5, 0.6) is 0 Å². The van der Waals surface area contributed by atoms with E-state index in [-0.39, 0.29) is 12.5 Å². The van der Waals surface area contributed by atoms with Gasteiger partial charge in [0.1, 0.15) is 5.82 Å². The van der Waals surface area contributed by atoms with Crippen molar-refractivity contribution in [2.24, 2.45) is 5.92 Å². The van der Waals surface area contributed by atoms with Gasteiger partial charge in [0.25, 0.3) is 0 Å². The molecular formula is C20H27N5O. The third-order valence-corrected chi connectivity index (χ3v) is 4.72. The molecule has 0 radical (unpaired) electrons. The quantitative estimate of drug-likeness (QED) is 0.705. The van der Waals surface area contributed by atoms with Crippen molar-refractivity contribution in [3.63, 3.8) is 0 Å². The highest BCUT2D eigenvalue weighted by molar-refractivity contribution is 5.93. The number of amides is 1. The minimum Gasteiger partial charge on any atom is -0.361 e. The average Bonchev–Trinajstić information content (AvgIpc) is 2.68. The summed E-state index contributed by atoms with van der Waals surface area (Å²) in [6.07, 6.45) is 8.35. The summed E-state index contributed by atoms with van der Waals surface area (Å²) in [4.78, 5) is 21.0. The predicted octanol–water partition coefficient (Wildman–Crippen LogP) is 3.83. The molecule has 6 heteroatoms. The molecule has 1 aliphatic rings. The standard InChI is InChI=1S/C20H27N5O/c1-15-12-22-20(23-13-16-8-4-2-5-9-16)25-19(15)21-14-18(26)24-17-10-6-3-7-11-17/h3,6-7,10-12,16H,2,4-5,8-9,13-14H2,1H3,(H,24,26)(H2,21,22,23,25). The molecule has 26 heavy (non-hydrogen) atoms. The third-order valence-electron chi connectivity index (χ3n) is 4.72. The van der Waals surface area contributed by atoms with Crippen molar-refractivity contribution in [3.8, 4) is 0 Å². The number of hydrogen-bond acceptors (Lipinski definition) is 5. The van der Waals surface area contributed by atoms with Crippen LogP contribution in [0.15, 0.2) is 36.5 Å². The molecule has 1 saturated carbocycles. The number of carbonyl (C=O) groups excluding carboxylic acids is 1. The van der Waals surface area contributed by atoms with Crippen molar-refractivity contribution in [2.75, 3.05) is 29.0 Å². The Hall–Kier alpha value is -2.63. The number of carbonyl (C=O) groups is 1. The SMILES string of the molecule is Cc1cnc(NCC2CCCCC2)nc1NCC(=O)Nc1ccccc1. The maximum absolute atomic E-state index is 12.1. The molecule has 1 aliphatic carbocycles. The van der Waals surface area contributed by atoms with Gasteiger partial charge in [-0.25, -0.2) is 4.98 Å². The molecule has 3 N–H and O–H groups in total. The second-order valence-electron chi connectivity index (χ2n) is 6.88. The third kappa shape index (κ3) is 5.44. The molecule has 0 saturated heterocycles. The Morgan fingerprint density at radius 2 is 1.88 bits per heavy atom. The normalized spacial score (nSPS) is 14.7. The molecule has 6 nitrogen and oxygen atoms in total. The fourth-order valence-electron chi connectivity index (χ4n) is 3.22. The fourth-order valence-corrected chi connectivity index (χ4v) is 3.22. The van der Waals surface area contributed by atoms with E-state index in [1.54, 1.807) is 6.20 Å². The lowest BCUT2D eigenvalue weighted by atomic mass is 9.89. The molecule has 1 aromatic carbocycles. The highest BCUT2D eigenvalue weighted by atomic mass is 16.1. The van der Waals surface area contributed by atoms with Gasteiger partial charge < -0.3 is 16.0 Å². The number of aryl methyl sites for hydroxylation is 1. The topological polar surface area (TPSA) is 78.9 Å². The Kier molecular flexibility index (Phi) is 6.41. The van der Waals surface area contributed by atoms with Gasteiger partial charge in [-0.3, -0.25) is 4.79 Å². The van der Waals surface area contributed by atoms with Crippen molar-refractivity contribution < 1.29 is 4.79 Å². The molecule has 0 bridgehead atoms. The van der Waals surface area contributed by atoms with E-state index in [9.17, 15) is 4.79 Å². The molecule has 0 spiro atoms. The van der Waals surface area contributed by atoms with Crippen molar-refractivity contribution >= 4 is 23.4 Å². The van der Waals surface area contributed by atoms with Crippen LogP contribution >= 0.6 is 0 Å². The number of nitrogens with one attached hydrogen (secondary N) is 3. The van der Waals surface area contributed by atoms with Gasteiger partial charge in [-0.1, -0.05) is 37.5 Å². The van der Waals surface area contributed by atoms with Crippen LogP contribution in [0.2, 0.25) is 0 Å². The molecule has 1 heterocycles. The molecule has 3 rings (SSSR count). The molecule has 0 aliphatic heterocycles. The second-order valence-corrected chi connectivity index (χ2v) is 6.88. The molecular weight excluding hydrogens is 326 g/mol. The summed E-state index contributed by atoms with van der Waals surface area (Å²) in [5.41, 5.74) is 1.70. The van der Waals surface area contributed by atoms with Crippen LogP contribution in [0.4, 0.5) is 17.5 Å². The highest BCUT2D eigenvalue weighted by Crippen LogP contribution is 2.23. The van der Waals surface area contributed by atoms with Crippen molar-refractivity contribution in [1.29, 1.82) is 0 Å².